The lowest BCUT2D eigenvalue weighted by Crippen LogP contribution is -2.16. The van der Waals surface area contributed by atoms with Crippen LogP contribution in [0.15, 0.2) is 23.8 Å². The van der Waals surface area contributed by atoms with Gasteiger partial charge in [-0.1, -0.05) is 11.6 Å². The van der Waals surface area contributed by atoms with E-state index in [2.05, 4.69) is 16.4 Å². The maximum atomic E-state index is 9.63. The molecule has 1 aliphatic carbocycles. The smallest absolute Gasteiger partial charge is 0.138 e. The maximum Gasteiger partial charge on any atom is 0.138 e. The third-order valence-corrected chi connectivity index (χ3v) is 3.14. The van der Waals surface area contributed by atoms with Crippen molar-refractivity contribution in [2.45, 2.75) is 39.2 Å². The molecule has 1 aromatic rings. The molecule has 0 bridgehead atoms. The van der Waals surface area contributed by atoms with Crippen molar-refractivity contribution in [3.05, 3.63) is 35.2 Å². The number of aromatic hydroxyl groups is 1. The van der Waals surface area contributed by atoms with Crippen LogP contribution in [0, 0.1) is 6.92 Å². The quantitative estimate of drug-likeness (QED) is 0.606. The van der Waals surface area contributed by atoms with E-state index in [-0.39, 0.29) is 5.75 Å². The van der Waals surface area contributed by atoms with Gasteiger partial charge in [-0.3, -0.25) is 4.98 Å². The number of nitrogens with zero attached hydrogens (tertiary/aromatic N) is 1. The first kappa shape index (κ1) is 12.1. The van der Waals surface area contributed by atoms with Gasteiger partial charge in [0.25, 0.3) is 0 Å². The molecular formula is C14H20N2O. The van der Waals surface area contributed by atoms with Crippen LogP contribution in [-0.2, 0) is 6.54 Å². The van der Waals surface area contributed by atoms with E-state index in [9.17, 15) is 5.11 Å². The second-order valence-corrected chi connectivity index (χ2v) is 4.60. The number of rotatable bonds is 5. The lowest BCUT2D eigenvalue weighted by Gasteiger charge is -2.07. The second kappa shape index (κ2) is 5.82. The Kier molecular flexibility index (Phi) is 4.15. The number of aromatic nitrogens is 1. The van der Waals surface area contributed by atoms with Crippen molar-refractivity contribution < 1.29 is 5.11 Å². The van der Waals surface area contributed by atoms with Crippen molar-refractivity contribution in [1.82, 2.24) is 10.3 Å². The normalized spacial score (nSPS) is 15.0. The van der Waals surface area contributed by atoms with Gasteiger partial charge in [0.05, 0.1) is 5.69 Å². The highest BCUT2D eigenvalue weighted by molar-refractivity contribution is 5.27. The topological polar surface area (TPSA) is 45.1 Å². The summed E-state index contributed by atoms with van der Waals surface area (Å²) in [7, 11) is 0. The van der Waals surface area contributed by atoms with E-state index < -0.39 is 0 Å². The van der Waals surface area contributed by atoms with Crippen LogP contribution in [0.3, 0.4) is 0 Å². The molecule has 0 saturated heterocycles. The molecule has 3 nitrogen and oxygen atoms in total. The van der Waals surface area contributed by atoms with Crippen molar-refractivity contribution >= 4 is 0 Å². The number of hydrogen-bond donors (Lipinski definition) is 2. The third-order valence-electron chi connectivity index (χ3n) is 3.14. The van der Waals surface area contributed by atoms with Crippen molar-refractivity contribution in [2.24, 2.45) is 0 Å². The van der Waals surface area contributed by atoms with Gasteiger partial charge in [0, 0.05) is 12.2 Å². The first-order chi connectivity index (χ1) is 8.25. The summed E-state index contributed by atoms with van der Waals surface area (Å²) in [6.45, 7) is 3.54. The van der Waals surface area contributed by atoms with Gasteiger partial charge in [-0.25, -0.2) is 0 Å². The predicted octanol–water partition coefficient (Wildman–Crippen LogP) is 2.69. The molecule has 92 valence electrons. The molecule has 0 aliphatic heterocycles. The molecule has 0 spiro atoms. The van der Waals surface area contributed by atoms with Gasteiger partial charge in [0.2, 0.25) is 0 Å². The summed E-state index contributed by atoms with van der Waals surface area (Å²) in [4.78, 5) is 4.31. The number of aryl methyl sites for hydroxylation is 1. The Morgan fingerprint density at radius 1 is 1.41 bits per heavy atom. The number of allylic oxidation sites excluding steroid dienone is 1. The predicted molar refractivity (Wildman–Crippen MR) is 68.9 cm³/mol. The van der Waals surface area contributed by atoms with Crippen molar-refractivity contribution in [1.29, 1.82) is 0 Å². The summed E-state index contributed by atoms with van der Waals surface area (Å²) < 4.78 is 0. The molecule has 0 saturated carbocycles. The van der Waals surface area contributed by atoms with Crippen molar-refractivity contribution in [2.75, 3.05) is 6.54 Å². The van der Waals surface area contributed by atoms with Gasteiger partial charge in [-0.05, 0) is 51.3 Å². The van der Waals surface area contributed by atoms with E-state index in [1.807, 2.05) is 13.0 Å². The maximum absolute atomic E-state index is 9.63. The Hall–Kier alpha value is -1.35. The molecule has 0 unspecified atom stereocenters. The molecule has 0 radical (unpaired) electrons. The molecule has 0 fully saturated rings. The highest BCUT2D eigenvalue weighted by Gasteiger charge is 2.05. The summed E-state index contributed by atoms with van der Waals surface area (Å²) in [5.41, 5.74) is 3.25. The fourth-order valence-electron chi connectivity index (χ4n) is 2.15. The minimum absolute atomic E-state index is 0.281. The third kappa shape index (κ3) is 3.56. The van der Waals surface area contributed by atoms with Crippen LogP contribution in [0.1, 0.15) is 37.1 Å². The monoisotopic (exact) mass is 232 g/mol. The van der Waals surface area contributed by atoms with Crippen LogP contribution in [0.5, 0.6) is 5.75 Å². The van der Waals surface area contributed by atoms with Crippen molar-refractivity contribution in [3.63, 3.8) is 0 Å². The zero-order chi connectivity index (χ0) is 12.1. The zero-order valence-electron chi connectivity index (χ0n) is 10.4. The molecule has 0 aromatic carbocycles. The van der Waals surface area contributed by atoms with E-state index >= 15 is 0 Å². The summed E-state index contributed by atoms with van der Waals surface area (Å²) in [5, 5.41) is 13.0. The van der Waals surface area contributed by atoms with Crippen LogP contribution in [-0.4, -0.2) is 16.6 Å². The lowest BCUT2D eigenvalue weighted by atomic mass is 10.1. The molecule has 1 aromatic heterocycles. The summed E-state index contributed by atoms with van der Waals surface area (Å²) in [5.74, 6) is 0.281. The highest BCUT2D eigenvalue weighted by atomic mass is 16.3. The largest absolute Gasteiger partial charge is 0.506 e. The number of nitrogens with one attached hydrogen (secondary N) is 1. The Labute approximate surface area is 103 Å². The van der Waals surface area contributed by atoms with E-state index in [1.54, 1.807) is 11.6 Å². The first-order valence-corrected chi connectivity index (χ1v) is 6.30. The van der Waals surface area contributed by atoms with Gasteiger partial charge in [-0.2, -0.15) is 0 Å². The molecule has 0 amide bonds. The minimum Gasteiger partial charge on any atom is -0.506 e. The minimum atomic E-state index is 0.281. The summed E-state index contributed by atoms with van der Waals surface area (Å²) >= 11 is 0. The Bertz CT molecular complexity index is 413. The van der Waals surface area contributed by atoms with E-state index in [1.165, 1.54) is 19.3 Å². The van der Waals surface area contributed by atoms with Gasteiger partial charge in [0.1, 0.15) is 5.75 Å². The van der Waals surface area contributed by atoms with Crippen LogP contribution < -0.4 is 5.32 Å². The van der Waals surface area contributed by atoms with E-state index in [4.69, 9.17) is 0 Å². The fourth-order valence-corrected chi connectivity index (χ4v) is 2.15. The zero-order valence-corrected chi connectivity index (χ0v) is 10.4. The van der Waals surface area contributed by atoms with Gasteiger partial charge >= 0.3 is 0 Å². The average molecular weight is 232 g/mol. The average Bonchev–Trinajstić information content (AvgIpc) is 2.82. The Morgan fingerprint density at radius 3 is 3.06 bits per heavy atom. The molecule has 17 heavy (non-hydrogen) atoms. The van der Waals surface area contributed by atoms with Gasteiger partial charge in [-0.15, -0.1) is 0 Å². The Balaban J connectivity index is 1.75. The SMILES string of the molecule is Cc1ccc(O)c(CNCCC2=CCCC2)n1. The van der Waals surface area contributed by atoms with Crippen molar-refractivity contribution in [3.8, 4) is 5.75 Å². The standard InChI is InChI=1S/C14H20N2O/c1-11-6-7-14(17)13(16-11)10-15-9-8-12-4-2-3-5-12/h4,6-7,15,17H,2-3,5,8-10H2,1H3. The molecule has 3 heteroatoms. The molecule has 2 rings (SSSR count). The molecule has 1 heterocycles. The molecule has 0 atom stereocenters. The van der Waals surface area contributed by atoms with E-state index in [0.717, 1.165) is 24.4 Å². The number of hydrogen-bond acceptors (Lipinski definition) is 3. The molecule has 1 aliphatic rings. The second-order valence-electron chi connectivity index (χ2n) is 4.60. The van der Waals surface area contributed by atoms with Crippen LogP contribution in [0.2, 0.25) is 0 Å². The van der Waals surface area contributed by atoms with E-state index in [0.29, 0.717) is 6.54 Å². The highest BCUT2D eigenvalue weighted by Crippen LogP contribution is 2.20. The molecular weight excluding hydrogens is 212 g/mol. The lowest BCUT2D eigenvalue weighted by molar-refractivity contribution is 0.459. The summed E-state index contributed by atoms with van der Waals surface area (Å²) in [6, 6.07) is 3.53. The molecule has 2 N–H and O–H groups in total. The van der Waals surface area contributed by atoms with Gasteiger partial charge in [0.15, 0.2) is 0 Å². The summed E-state index contributed by atoms with van der Waals surface area (Å²) in [6.07, 6.45) is 7.29. The van der Waals surface area contributed by atoms with Crippen LogP contribution in [0.4, 0.5) is 0 Å². The van der Waals surface area contributed by atoms with Crippen LogP contribution in [0.25, 0.3) is 0 Å². The van der Waals surface area contributed by atoms with Gasteiger partial charge < -0.3 is 10.4 Å². The fraction of sp³-hybridized carbons (Fsp3) is 0.500. The number of pyridine rings is 1. The van der Waals surface area contributed by atoms with Crippen LogP contribution >= 0.6 is 0 Å². The first-order valence-electron chi connectivity index (χ1n) is 6.30. The Morgan fingerprint density at radius 2 is 2.29 bits per heavy atom.